The number of hydrogen-bond acceptors (Lipinski definition) is 1. The van der Waals surface area contributed by atoms with Gasteiger partial charge >= 0.3 is 0 Å². The average Bonchev–Trinajstić information content (AvgIpc) is 2.42. The lowest BCUT2D eigenvalue weighted by molar-refractivity contribution is 0.567. The van der Waals surface area contributed by atoms with Crippen LogP contribution >= 0.6 is 15.9 Å². The fourth-order valence-electron chi connectivity index (χ4n) is 2.55. The lowest BCUT2D eigenvalue weighted by atomic mass is 9.81. The Balaban J connectivity index is 2.33. The van der Waals surface area contributed by atoms with Gasteiger partial charge in [0.15, 0.2) is 0 Å². The van der Waals surface area contributed by atoms with Gasteiger partial charge in [0.25, 0.3) is 0 Å². The highest BCUT2D eigenvalue weighted by Gasteiger charge is 2.21. The van der Waals surface area contributed by atoms with Crippen molar-refractivity contribution in [3.05, 3.63) is 69.4 Å². The molecule has 1 atom stereocenters. The van der Waals surface area contributed by atoms with Crippen molar-refractivity contribution in [2.75, 3.05) is 0 Å². The molecular formula is C18H21BrFN. The molecule has 0 spiro atoms. The van der Waals surface area contributed by atoms with Crippen molar-refractivity contribution >= 4 is 15.9 Å². The van der Waals surface area contributed by atoms with Gasteiger partial charge in [-0.05, 0) is 46.7 Å². The summed E-state index contributed by atoms with van der Waals surface area (Å²) in [5.41, 5.74) is 9.70. The Morgan fingerprint density at radius 2 is 1.81 bits per heavy atom. The van der Waals surface area contributed by atoms with Crippen LogP contribution in [0.15, 0.2) is 46.9 Å². The summed E-state index contributed by atoms with van der Waals surface area (Å²) in [6, 6.07) is 12.8. The van der Waals surface area contributed by atoms with Gasteiger partial charge < -0.3 is 5.73 Å². The minimum atomic E-state index is -0.232. The molecule has 2 N–H and O–H groups in total. The molecule has 0 saturated heterocycles. The summed E-state index contributed by atoms with van der Waals surface area (Å²) in [4.78, 5) is 0. The third kappa shape index (κ3) is 3.92. The van der Waals surface area contributed by atoms with Crippen LogP contribution in [0.3, 0.4) is 0 Å². The highest BCUT2D eigenvalue weighted by Crippen LogP contribution is 2.31. The van der Waals surface area contributed by atoms with E-state index >= 15 is 0 Å². The van der Waals surface area contributed by atoms with E-state index in [4.69, 9.17) is 5.73 Å². The smallest absolute Gasteiger partial charge is 0.123 e. The van der Waals surface area contributed by atoms with Crippen molar-refractivity contribution in [2.45, 2.75) is 38.6 Å². The third-order valence-electron chi connectivity index (χ3n) is 3.62. The maximum Gasteiger partial charge on any atom is 0.123 e. The minimum Gasteiger partial charge on any atom is -0.324 e. The van der Waals surface area contributed by atoms with E-state index in [-0.39, 0.29) is 17.3 Å². The molecule has 0 amide bonds. The van der Waals surface area contributed by atoms with E-state index in [1.54, 1.807) is 12.1 Å². The Kier molecular flexibility index (Phi) is 4.84. The lowest BCUT2D eigenvalue weighted by Crippen LogP contribution is -2.21. The molecule has 21 heavy (non-hydrogen) atoms. The minimum absolute atomic E-state index is 0.0351. The van der Waals surface area contributed by atoms with Crippen molar-refractivity contribution in [1.82, 2.24) is 0 Å². The predicted molar refractivity (Wildman–Crippen MR) is 89.9 cm³/mol. The van der Waals surface area contributed by atoms with Crippen LogP contribution in [0.5, 0.6) is 0 Å². The second-order valence-corrected chi connectivity index (χ2v) is 7.24. The van der Waals surface area contributed by atoms with Gasteiger partial charge in [0, 0.05) is 10.5 Å². The van der Waals surface area contributed by atoms with Crippen LogP contribution in [0.25, 0.3) is 0 Å². The van der Waals surface area contributed by atoms with Crippen LogP contribution in [-0.4, -0.2) is 0 Å². The number of halogens is 2. The van der Waals surface area contributed by atoms with Gasteiger partial charge in [-0.15, -0.1) is 0 Å². The van der Waals surface area contributed by atoms with Crippen molar-refractivity contribution in [3.63, 3.8) is 0 Å². The Morgan fingerprint density at radius 1 is 1.14 bits per heavy atom. The van der Waals surface area contributed by atoms with Crippen molar-refractivity contribution in [2.24, 2.45) is 5.73 Å². The van der Waals surface area contributed by atoms with E-state index in [2.05, 4.69) is 48.8 Å². The molecule has 0 saturated carbocycles. The van der Waals surface area contributed by atoms with Crippen LogP contribution in [0, 0.1) is 5.82 Å². The van der Waals surface area contributed by atoms with Crippen LogP contribution in [-0.2, 0) is 11.8 Å². The maximum atomic E-state index is 13.4. The molecule has 0 heterocycles. The molecule has 0 radical (unpaired) electrons. The summed E-state index contributed by atoms with van der Waals surface area (Å²) in [5, 5.41) is 0. The van der Waals surface area contributed by atoms with Gasteiger partial charge in [0.1, 0.15) is 5.82 Å². The molecule has 112 valence electrons. The van der Waals surface area contributed by atoms with E-state index < -0.39 is 0 Å². The molecule has 0 fully saturated rings. The topological polar surface area (TPSA) is 26.0 Å². The SMILES string of the molecule is CC(C)(C)c1ccccc1C(N)Cc1cc(F)ccc1Br. The predicted octanol–water partition coefficient (Wildman–Crippen LogP) is 5.13. The number of nitrogens with two attached hydrogens (primary N) is 1. The first-order valence-electron chi connectivity index (χ1n) is 7.08. The van der Waals surface area contributed by atoms with Gasteiger partial charge in [0.05, 0.1) is 0 Å². The van der Waals surface area contributed by atoms with Gasteiger partial charge in [-0.3, -0.25) is 0 Å². The molecule has 2 rings (SSSR count). The Hall–Kier alpha value is -1.19. The zero-order valence-corrected chi connectivity index (χ0v) is 14.2. The van der Waals surface area contributed by atoms with Crippen molar-refractivity contribution in [1.29, 1.82) is 0 Å². The molecule has 2 aromatic carbocycles. The monoisotopic (exact) mass is 349 g/mol. The summed E-state index contributed by atoms with van der Waals surface area (Å²) >= 11 is 3.47. The quantitative estimate of drug-likeness (QED) is 0.816. The van der Waals surface area contributed by atoms with Crippen LogP contribution in [0.4, 0.5) is 4.39 Å². The van der Waals surface area contributed by atoms with E-state index in [0.29, 0.717) is 6.42 Å². The number of rotatable bonds is 3. The van der Waals surface area contributed by atoms with E-state index in [9.17, 15) is 4.39 Å². The number of hydrogen-bond donors (Lipinski definition) is 1. The average molecular weight is 350 g/mol. The Morgan fingerprint density at radius 3 is 2.48 bits per heavy atom. The second-order valence-electron chi connectivity index (χ2n) is 6.38. The van der Waals surface area contributed by atoms with E-state index in [0.717, 1.165) is 15.6 Å². The summed E-state index contributed by atoms with van der Waals surface area (Å²) in [6.45, 7) is 6.53. The zero-order valence-electron chi connectivity index (χ0n) is 12.7. The van der Waals surface area contributed by atoms with Gasteiger partial charge in [-0.25, -0.2) is 4.39 Å². The molecule has 0 aromatic heterocycles. The summed E-state index contributed by atoms with van der Waals surface area (Å²) in [6.07, 6.45) is 0.603. The maximum absolute atomic E-state index is 13.4. The highest BCUT2D eigenvalue weighted by molar-refractivity contribution is 9.10. The van der Waals surface area contributed by atoms with Gasteiger partial charge in [0.2, 0.25) is 0 Å². The van der Waals surface area contributed by atoms with E-state index in [1.807, 2.05) is 12.1 Å². The molecule has 0 aliphatic heterocycles. The first kappa shape index (κ1) is 16.2. The van der Waals surface area contributed by atoms with Crippen molar-refractivity contribution < 1.29 is 4.39 Å². The Labute approximate surface area is 134 Å². The molecule has 0 aliphatic rings. The molecular weight excluding hydrogens is 329 g/mol. The first-order valence-corrected chi connectivity index (χ1v) is 7.87. The van der Waals surface area contributed by atoms with Crippen molar-refractivity contribution in [3.8, 4) is 0 Å². The largest absolute Gasteiger partial charge is 0.324 e. The molecule has 0 aliphatic carbocycles. The fraction of sp³-hybridized carbons (Fsp3) is 0.333. The molecule has 2 aromatic rings. The summed E-state index contributed by atoms with van der Waals surface area (Å²) in [7, 11) is 0. The summed E-state index contributed by atoms with van der Waals surface area (Å²) in [5.74, 6) is -0.232. The summed E-state index contributed by atoms with van der Waals surface area (Å²) < 4.78 is 14.3. The second kappa shape index (κ2) is 6.29. The van der Waals surface area contributed by atoms with Crippen LogP contribution in [0.2, 0.25) is 0 Å². The van der Waals surface area contributed by atoms with E-state index in [1.165, 1.54) is 11.6 Å². The molecule has 0 bridgehead atoms. The molecule has 1 unspecified atom stereocenters. The Bertz CT molecular complexity index is 631. The fourth-order valence-corrected chi connectivity index (χ4v) is 2.96. The van der Waals surface area contributed by atoms with Crippen LogP contribution in [0.1, 0.15) is 43.5 Å². The molecule has 1 nitrogen and oxygen atoms in total. The normalized spacial score (nSPS) is 13.2. The van der Waals surface area contributed by atoms with Gasteiger partial charge in [-0.1, -0.05) is 61.0 Å². The van der Waals surface area contributed by atoms with Gasteiger partial charge in [-0.2, -0.15) is 0 Å². The lowest BCUT2D eigenvalue weighted by Gasteiger charge is -2.26. The van der Waals surface area contributed by atoms with Crippen LogP contribution < -0.4 is 5.73 Å². The standard InChI is InChI=1S/C18H21BrFN/c1-18(2,3)15-7-5-4-6-14(15)17(21)11-12-10-13(20)8-9-16(12)19/h4-10,17H,11,21H2,1-3H3. The molecule has 3 heteroatoms. The first-order chi connectivity index (χ1) is 9.79. The zero-order chi connectivity index (χ0) is 15.6. The third-order valence-corrected chi connectivity index (χ3v) is 4.39. The number of benzene rings is 2. The highest BCUT2D eigenvalue weighted by atomic mass is 79.9.